The van der Waals surface area contributed by atoms with Gasteiger partial charge in [0.15, 0.2) is 0 Å². The molecule has 0 unspecified atom stereocenters. The lowest BCUT2D eigenvalue weighted by Crippen LogP contribution is -2.12. The number of carbonyl (C=O) groups is 2. The Bertz CT molecular complexity index is 1020. The Labute approximate surface area is 195 Å². The highest BCUT2D eigenvalue weighted by Crippen LogP contribution is 2.17. The third kappa shape index (κ3) is 9.43. The van der Waals surface area contributed by atoms with E-state index in [0.717, 1.165) is 35.3 Å². The van der Waals surface area contributed by atoms with Gasteiger partial charge < -0.3 is 4.74 Å². The fraction of sp³-hybridized carbons (Fsp3) is 0.269. The summed E-state index contributed by atoms with van der Waals surface area (Å²) < 4.78 is 5.16. The number of benzene rings is 2. The van der Waals surface area contributed by atoms with Crippen LogP contribution >= 0.6 is 0 Å². The van der Waals surface area contributed by atoms with Crippen molar-refractivity contribution in [3.63, 3.8) is 0 Å². The Hall–Kier alpha value is -3.87. The van der Waals surface area contributed by atoms with Gasteiger partial charge in [0.05, 0.1) is 5.71 Å². The smallest absolute Gasteiger partial charge is 0.411 e. The number of ether oxygens (including phenoxy) is 1. The van der Waals surface area contributed by atoms with E-state index < -0.39 is 12.2 Å². The molecule has 2 rings (SSSR count). The average Bonchev–Trinajstić information content (AvgIpc) is 2.79. The van der Waals surface area contributed by atoms with Crippen LogP contribution in [0, 0.1) is 0 Å². The quantitative estimate of drug-likeness (QED) is 0.141. The summed E-state index contributed by atoms with van der Waals surface area (Å²) in [6.45, 7) is 11.4. The van der Waals surface area contributed by atoms with Crippen LogP contribution in [-0.2, 0) is 16.0 Å². The Balaban J connectivity index is 1.86. The average molecular weight is 450 g/mol. The second-order valence-corrected chi connectivity index (χ2v) is 7.58. The zero-order valence-electron chi connectivity index (χ0n) is 19.6. The fourth-order valence-electron chi connectivity index (χ4n) is 2.64. The number of amides is 2. The predicted octanol–water partition coefficient (Wildman–Crippen LogP) is 7.03. The molecule has 0 atom stereocenters. The van der Waals surface area contributed by atoms with Crippen molar-refractivity contribution >= 4 is 29.3 Å². The summed E-state index contributed by atoms with van der Waals surface area (Å²) >= 11 is 0. The van der Waals surface area contributed by atoms with Crippen LogP contribution in [0.1, 0.15) is 51.7 Å². The highest BCUT2D eigenvalue weighted by atomic mass is 16.7. The molecule has 33 heavy (non-hydrogen) atoms. The van der Waals surface area contributed by atoms with Crippen LogP contribution in [0.2, 0.25) is 0 Å². The Morgan fingerprint density at radius 2 is 1.39 bits per heavy atom. The van der Waals surface area contributed by atoms with E-state index in [1.54, 1.807) is 25.1 Å². The number of oxime groups is 1. The molecule has 2 amide bonds. The second kappa shape index (κ2) is 12.9. The molecule has 0 heterocycles. The first-order valence-electron chi connectivity index (χ1n) is 10.8. The summed E-state index contributed by atoms with van der Waals surface area (Å²) in [5.74, 6) is 0.304. The van der Waals surface area contributed by atoms with Crippen molar-refractivity contribution in [2.45, 2.75) is 47.0 Å². The summed E-state index contributed by atoms with van der Waals surface area (Å²) in [7, 11) is 0. The van der Waals surface area contributed by atoms with Crippen molar-refractivity contribution in [2.75, 3.05) is 10.6 Å². The minimum absolute atomic E-state index is 0.304. The van der Waals surface area contributed by atoms with E-state index in [1.807, 2.05) is 57.2 Å². The second-order valence-electron chi connectivity index (χ2n) is 7.58. The number of allylic oxidation sites excluding steroid dienone is 2. The number of nitrogens with one attached hydrogen (secondary N) is 2. The van der Waals surface area contributed by atoms with Crippen molar-refractivity contribution in [1.82, 2.24) is 0 Å². The SMILES string of the molecule is C=C(C=C(C)CC)OC(=O)Nc1ccc(Cc2ccc(NC(=O)ON=C(C)CC)cc2)cc1. The Morgan fingerprint density at radius 3 is 1.88 bits per heavy atom. The summed E-state index contributed by atoms with van der Waals surface area (Å²) in [5, 5.41) is 9.05. The van der Waals surface area contributed by atoms with Gasteiger partial charge in [0.2, 0.25) is 0 Å². The van der Waals surface area contributed by atoms with Gasteiger partial charge in [0, 0.05) is 11.4 Å². The summed E-state index contributed by atoms with van der Waals surface area (Å²) in [4.78, 5) is 28.5. The van der Waals surface area contributed by atoms with Gasteiger partial charge in [-0.2, -0.15) is 0 Å². The minimum Gasteiger partial charge on any atom is -0.411 e. The van der Waals surface area contributed by atoms with Gasteiger partial charge in [-0.25, -0.2) is 9.59 Å². The first-order chi connectivity index (χ1) is 15.8. The predicted molar refractivity (Wildman–Crippen MR) is 132 cm³/mol. The first kappa shape index (κ1) is 25.4. The van der Waals surface area contributed by atoms with Crippen LogP contribution in [0.3, 0.4) is 0 Å². The molecule has 0 spiro atoms. The highest BCUT2D eigenvalue weighted by Gasteiger charge is 2.06. The number of carbonyl (C=O) groups excluding carboxylic acids is 2. The molecule has 0 bridgehead atoms. The molecule has 174 valence electrons. The van der Waals surface area contributed by atoms with Crippen LogP contribution in [0.5, 0.6) is 0 Å². The van der Waals surface area contributed by atoms with Gasteiger partial charge in [-0.05, 0) is 74.6 Å². The number of hydrogen-bond donors (Lipinski definition) is 2. The molecular formula is C26H31N3O4. The van der Waals surface area contributed by atoms with Gasteiger partial charge in [0.25, 0.3) is 0 Å². The van der Waals surface area contributed by atoms with Crippen molar-refractivity contribution in [1.29, 1.82) is 0 Å². The van der Waals surface area contributed by atoms with E-state index in [1.165, 1.54) is 0 Å². The molecule has 0 saturated carbocycles. The Kier molecular flexibility index (Phi) is 9.89. The van der Waals surface area contributed by atoms with E-state index in [4.69, 9.17) is 9.57 Å². The van der Waals surface area contributed by atoms with Crippen molar-refractivity contribution in [2.24, 2.45) is 5.16 Å². The van der Waals surface area contributed by atoms with E-state index in [-0.39, 0.29) is 0 Å². The van der Waals surface area contributed by atoms with E-state index in [0.29, 0.717) is 23.6 Å². The van der Waals surface area contributed by atoms with E-state index >= 15 is 0 Å². The molecule has 2 aromatic carbocycles. The van der Waals surface area contributed by atoms with Crippen molar-refractivity contribution in [3.05, 3.63) is 83.6 Å². The third-order valence-electron chi connectivity index (χ3n) is 4.79. The summed E-state index contributed by atoms with van der Waals surface area (Å²) in [5.41, 5.74) is 5.22. The molecule has 7 nitrogen and oxygen atoms in total. The number of anilines is 2. The molecule has 2 N–H and O–H groups in total. The zero-order chi connectivity index (χ0) is 24.2. The van der Waals surface area contributed by atoms with Gasteiger partial charge in [0.1, 0.15) is 5.76 Å². The van der Waals surface area contributed by atoms with Gasteiger partial charge >= 0.3 is 12.2 Å². The number of rotatable bonds is 9. The summed E-state index contributed by atoms with van der Waals surface area (Å²) in [6, 6.07) is 15.0. The van der Waals surface area contributed by atoms with Crippen LogP contribution in [0.4, 0.5) is 21.0 Å². The van der Waals surface area contributed by atoms with E-state index in [9.17, 15) is 9.59 Å². The number of hydrogen-bond acceptors (Lipinski definition) is 5. The van der Waals surface area contributed by atoms with Gasteiger partial charge in [-0.1, -0.05) is 55.4 Å². The van der Waals surface area contributed by atoms with Gasteiger partial charge in [-0.3, -0.25) is 15.5 Å². The maximum atomic E-state index is 12.0. The monoisotopic (exact) mass is 449 g/mol. The van der Waals surface area contributed by atoms with E-state index in [2.05, 4.69) is 22.4 Å². The largest absolute Gasteiger partial charge is 0.437 e. The lowest BCUT2D eigenvalue weighted by molar-refractivity contribution is 0.166. The molecule has 0 aliphatic heterocycles. The molecule has 0 saturated heterocycles. The maximum absolute atomic E-state index is 12.0. The highest BCUT2D eigenvalue weighted by molar-refractivity contribution is 5.86. The van der Waals surface area contributed by atoms with Crippen LogP contribution < -0.4 is 10.6 Å². The summed E-state index contributed by atoms with van der Waals surface area (Å²) in [6.07, 6.45) is 2.82. The normalized spacial score (nSPS) is 11.5. The zero-order valence-corrected chi connectivity index (χ0v) is 19.6. The molecule has 7 heteroatoms. The fourth-order valence-corrected chi connectivity index (χ4v) is 2.64. The van der Waals surface area contributed by atoms with Crippen LogP contribution in [-0.4, -0.2) is 17.9 Å². The van der Waals surface area contributed by atoms with Gasteiger partial charge in [-0.15, -0.1) is 0 Å². The molecule has 0 radical (unpaired) electrons. The standard InChI is InChI=1S/C26H31N3O4/c1-6-18(3)16-20(5)32-25(30)27-23-12-8-21(9-13-23)17-22-10-14-24(15-11-22)28-26(31)33-29-19(4)7-2/h8-16H,5-7,17H2,1-4H3,(H,27,30)(H,28,31). The Morgan fingerprint density at radius 1 is 0.879 bits per heavy atom. The lowest BCUT2D eigenvalue weighted by atomic mass is 10.0. The first-order valence-corrected chi connectivity index (χ1v) is 10.8. The molecular weight excluding hydrogens is 418 g/mol. The van der Waals surface area contributed by atoms with Crippen LogP contribution in [0.25, 0.3) is 0 Å². The molecule has 0 aliphatic carbocycles. The molecule has 0 aromatic heterocycles. The van der Waals surface area contributed by atoms with Crippen molar-refractivity contribution < 1.29 is 19.2 Å². The number of nitrogens with zero attached hydrogens (tertiary/aromatic N) is 1. The molecule has 2 aromatic rings. The minimum atomic E-state index is -0.628. The van der Waals surface area contributed by atoms with Crippen molar-refractivity contribution in [3.8, 4) is 0 Å². The third-order valence-corrected chi connectivity index (χ3v) is 4.79. The lowest BCUT2D eigenvalue weighted by Gasteiger charge is -2.09. The topological polar surface area (TPSA) is 89.0 Å². The molecule has 0 fully saturated rings. The van der Waals surface area contributed by atoms with Crippen LogP contribution in [0.15, 0.2) is 77.7 Å². The molecule has 0 aliphatic rings. The maximum Gasteiger partial charge on any atom is 0.437 e.